The zero-order valence-electron chi connectivity index (χ0n) is 12.3. The van der Waals surface area contributed by atoms with Crippen molar-refractivity contribution in [2.45, 2.75) is 32.0 Å². The number of nitrogens with zero attached hydrogens (tertiary/aromatic N) is 2. The van der Waals surface area contributed by atoms with E-state index in [2.05, 4.69) is 13.5 Å². The van der Waals surface area contributed by atoms with Gasteiger partial charge in [0.05, 0.1) is 0 Å². The Morgan fingerprint density at radius 1 is 0.905 bits per heavy atom. The third kappa shape index (κ3) is 9.51. The summed E-state index contributed by atoms with van der Waals surface area (Å²) in [5.41, 5.74) is 0. The second kappa shape index (κ2) is 6.99. The molecule has 0 unspecified atom stereocenters. The van der Waals surface area contributed by atoms with Gasteiger partial charge in [0, 0.05) is 0 Å². The quantitative estimate of drug-likeness (QED) is 0.398. The third-order valence-electron chi connectivity index (χ3n) is 1.72. The van der Waals surface area contributed by atoms with Crippen LogP contribution in [0.2, 0.25) is 19.6 Å². The molecule has 0 aliphatic heterocycles. The van der Waals surface area contributed by atoms with E-state index in [4.69, 9.17) is 0 Å². The van der Waals surface area contributed by atoms with E-state index in [9.17, 15) is 26.3 Å². The van der Waals surface area contributed by atoms with Gasteiger partial charge in [0.25, 0.3) is 7.66 Å². The fraction of sp³-hybridized carbons (Fsp3) is 1.00. The Morgan fingerprint density at radius 3 is 1.43 bits per heavy atom. The molecule has 0 heterocycles. The van der Waals surface area contributed by atoms with Crippen molar-refractivity contribution in [3.05, 3.63) is 0 Å². The highest BCUT2D eigenvalue weighted by atomic mass is 31.2. The summed E-state index contributed by atoms with van der Waals surface area (Å²) in [6.45, 7) is 1.56. The number of hydrogen-bond acceptors (Lipinski definition) is 3. The molecule has 0 aromatic rings. The van der Waals surface area contributed by atoms with Gasteiger partial charge < -0.3 is 9.05 Å². The van der Waals surface area contributed by atoms with Gasteiger partial charge >= 0.3 is 12.4 Å². The van der Waals surface area contributed by atoms with Crippen LogP contribution < -0.4 is 0 Å². The summed E-state index contributed by atoms with van der Waals surface area (Å²) in [5.74, 6) is 0. The van der Waals surface area contributed by atoms with E-state index in [1.54, 1.807) is 19.6 Å². The lowest BCUT2D eigenvalue weighted by Gasteiger charge is -2.33. The van der Waals surface area contributed by atoms with Crippen LogP contribution >= 0.6 is 7.66 Å². The molecule has 0 radical (unpaired) electrons. The molecule has 128 valence electrons. The smallest absolute Gasteiger partial charge is 0.303 e. The minimum Gasteiger partial charge on any atom is -0.303 e. The molecule has 0 aromatic carbocycles. The lowest BCUT2D eigenvalue weighted by molar-refractivity contribution is -0.165. The van der Waals surface area contributed by atoms with Gasteiger partial charge in [0.1, 0.15) is 0 Å². The molecular formula is C9H19F6N2O2PSi. The van der Waals surface area contributed by atoms with Crippen molar-refractivity contribution in [3.63, 3.8) is 0 Å². The highest BCUT2D eigenvalue weighted by Gasteiger charge is 2.39. The van der Waals surface area contributed by atoms with E-state index < -0.39 is 41.5 Å². The van der Waals surface area contributed by atoms with Crippen molar-refractivity contribution < 1.29 is 35.4 Å². The third-order valence-corrected chi connectivity index (χ3v) is 7.08. The second-order valence-corrected chi connectivity index (χ2v) is 12.8. The number of alkyl halides is 6. The summed E-state index contributed by atoms with van der Waals surface area (Å²) in [6.07, 6.45) is -9.37. The Kier molecular flexibility index (Phi) is 6.96. The van der Waals surface area contributed by atoms with Gasteiger partial charge in [-0.25, -0.2) is 4.67 Å². The molecule has 0 aromatic heterocycles. The van der Waals surface area contributed by atoms with Crippen molar-refractivity contribution in [1.29, 1.82) is 0 Å². The summed E-state index contributed by atoms with van der Waals surface area (Å²) in [4.78, 5) is 0. The SMILES string of the molecule is CN(C)P(=N[Si](C)(C)C)(OCC(F)(F)F)OCC(F)(F)F. The molecule has 0 N–H and O–H groups in total. The Balaban J connectivity index is 5.52. The van der Waals surface area contributed by atoms with Crippen LogP contribution in [0.15, 0.2) is 4.41 Å². The fourth-order valence-electron chi connectivity index (χ4n) is 1.11. The predicted molar refractivity (Wildman–Crippen MR) is 70.4 cm³/mol. The monoisotopic (exact) mass is 360 g/mol. The van der Waals surface area contributed by atoms with Crippen molar-refractivity contribution in [1.82, 2.24) is 4.67 Å². The summed E-state index contributed by atoms with van der Waals surface area (Å²) < 4.78 is 88.4. The molecule has 0 fully saturated rings. The largest absolute Gasteiger partial charge is 0.412 e. The summed E-state index contributed by atoms with van der Waals surface area (Å²) >= 11 is 0. The topological polar surface area (TPSA) is 34.1 Å². The first-order chi connectivity index (χ1) is 9.06. The maximum atomic E-state index is 12.3. The molecule has 0 saturated heterocycles. The molecular weight excluding hydrogens is 341 g/mol. The second-order valence-electron chi connectivity index (χ2n) is 5.39. The average Bonchev–Trinajstić information content (AvgIpc) is 2.17. The van der Waals surface area contributed by atoms with Crippen LogP contribution in [-0.2, 0) is 9.05 Å². The molecule has 0 bridgehead atoms. The molecule has 0 saturated carbocycles. The van der Waals surface area contributed by atoms with Gasteiger partial charge in [-0.2, -0.15) is 26.3 Å². The highest BCUT2D eigenvalue weighted by molar-refractivity contribution is 7.55. The van der Waals surface area contributed by atoms with E-state index in [1.807, 2.05) is 0 Å². The Bertz CT molecular complexity index is 369. The van der Waals surface area contributed by atoms with Crippen LogP contribution in [0.4, 0.5) is 26.3 Å². The van der Waals surface area contributed by atoms with Crippen LogP contribution in [0.25, 0.3) is 0 Å². The summed E-state index contributed by atoms with van der Waals surface area (Å²) in [6, 6.07) is 0. The van der Waals surface area contributed by atoms with Gasteiger partial charge in [-0.3, -0.25) is 4.41 Å². The van der Waals surface area contributed by atoms with Gasteiger partial charge in [-0.1, -0.05) is 0 Å². The minimum absolute atomic E-state index is 1.06. The molecule has 0 atom stereocenters. The Labute approximate surface area is 120 Å². The molecule has 21 heavy (non-hydrogen) atoms. The highest BCUT2D eigenvalue weighted by Crippen LogP contribution is 2.56. The lowest BCUT2D eigenvalue weighted by Crippen LogP contribution is -2.27. The summed E-state index contributed by atoms with van der Waals surface area (Å²) in [7, 11) is -3.64. The van der Waals surface area contributed by atoms with Crippen molar-refractivity contribution in [2.75, 3.05) is 27.3 Å². The molecule has 12 heteroatoms. The summed E-state index contributed by atoms with van der Waals surface area (Å²) in [5, 5.41) is 0. The predicted octanol–water partition coefficient (Wildman–Crippen LogP) is 4.49. The first-order valence-corrected chi connectivity index (χ1v) is 10.8. The standard InChI is InChI=1S/C9H19F6N2O2PSi/c1-17(2)20(16-21(3,4)5,18-6-8(10,11)12)19-7-9(13,14)15/h6-7H2,1-5H3. The number of rotatable bonds is 6. The maximum absolute atomic E-state index is 12.3. The van der Waals surface area contributed by atoms with Crippen LogP contribution in [0.5, 0.6) is 0 Å². The van der Waals surface area contributed by atoms with Gasteiger partial charge in [0.15, 0.2) is 21.4 Å². The number of hydrogen-bond donors (Lipinski definition) is 0. The lowest BCUT2D eigenvalue weighted by atomic mass is 10.7. The molecule has 0 aliphatic rings. The van der Waals surface area contributed by atoms with Crippen molar-refractivity contribution >= 4 is 15.9 Å². The van der Waals surface area contributed by atoms with E-state index in [0.29, 0.717) is 0 Å². The fourth-order valence-corrected chi connectivity index (χ4v) is 6.48. The zero-order chi connectivity index (χ0) is 17.1. The van der Waals surface area contributed by atoms with Gasteiger partial charge in [0.2, 0.25) is 0 Å². The molecule has 0 aliphatic carbocycles. The van der Waals surface area contributed by atoms with E-state index in [1.165, 1.54) is 14.1 Å². The minimum atomic E-state index is -4.68. The van der Waals surface area contributed by atoms with E-state index >= 15 is 0 Å². The van der Waals surface area contributed by atoms with Crippen LogP contribution in [0.3, 0.4) is 0 Å². The Hall–Kier alpha value is -0.0931. The number of halogens is 6. The van der Waals surface area contributed by atoms with Crippen molar-refractivity contribution in [3.8, 4) is 0 Å². The normalized spacial score (nSPS) is 14.7. The van der Waals surface area contributed by atoms with Gasteiger partial charge in [-0.15, -0.1) is 0 Å². The first-order valence-electron chi connectivity index (χ1n) is 5.80. The molecule has 0 rings (SSSR count). The average molecular weight is 360 g/mol. The van der Waals surface area contributed by atoms with Crippen LogP contribution in [-0.4, -0.2) is 52.6 Å². The first kappa shape index (κ1) is 20.9. The van der Waals surface area contributed by atoms with Crippen LogP contribution in [0.1, 0.15) is 0 Å². The molecule has 4 nitrogen and oxygen atoms in total. The van der Waals surface area contributed by atoms with E-state index in [0.717, 1.165) is 4.67 Å². The zero-order valence-corrected chi connectivity index (χ0v) is 14.2. The molecule has 0 amide bonds. The van der Waals surface area contributed by atoms with Crippen molar-refractivity contribution in [2.24, 2.45) is 4.41 Å². The van der Waals surface area contributed by atoms with Crippen LogP contribution in [0, 0.1) is 0 Å². The van der Waals surface area contributed by atoms with E-state index in [-0.39, 0.29) is 0 Å². The van der Waals surface area contributed by atoms with Gasteiger partial charge in [-0.05, 0) is 33.7 Å². The Morgan fingerprint density at radius 2 is 1.24 bits per heavy atom. The molecule has 0 spiro atoms. The maximum Gasteiger partial charge on any atom is 0.412 e.